The van der Waals surface area contributed by atoms with Gasteiger partial charge in [0.2, 0.25) is 0 Å². The molecule has 0 aromatic heterocycles. The summed E-state index contributed by atoms with van der Waals surface area (Å²) < 4.78 is 11.8. The van der Waals surface area contributed by atoms with E-state index in [1.807, 2.05) is 48.5 Å². The molecule has 0 saturated carbocycles. The number of benzene rings is 4. The molecule has 4 aromatic rings. The maximum Gasteiger partial charge on any atom is 0.198 e. The van der Waals surface area contributed by atoms with Crippen molar-refractivity contribution in [1.82, 2.24) is 0 Å². The van der Waals surface area contributed by atoms with E-state index in [2.05, 4.69) is 0 Å². The summed E-state index contributed by atoms with van der Waals surface area (Å²) in [7, 11) is 0. The van der Waals surface area contributed by atoms with Gasteiger partial charge in [-0.1, -0.05) is 48.5 Å². The molecule has 0 radical (unpaired) electrons. The van der Waals surface area contributed by atoms with Crippen LogP contribution >= 0.6 is 0 Å². The smallest absolute Gasteiger partial charge is 0.198 e. The fourth-order valence-corrected chi connectivity index (χ4v) is 3.53. The molecule has 1 aliphatic rings. The number of carbonyl (C=O) groups is 2. The van der Waals surface area contributed by atoms with Gasteiger partial charge in [-0.2, -0.15) is 0 Å². The Morgan fingerprint density at radius 2 is 1.13 bits per heavy atom. The summed E-state index contributed by atoms with van der Waals surface area (Å²) in [5.74, 6) is 1.63. The van der Waals surface area contributed by atoms with E-state index in [0.29, 0.717) is 39.7 Å². The Balaban J connectivity index is 1.56. The second kappa shape index (κ2) is 7.33. The first-order chi connectivity index (χ1) is 14.7. The highest BCUT2D eigenvalue weighted by Crippen LogP contribution is 2.37. The van der Waals surface area contributed by atoms with Gasteiger partial charge in [-0.15, -0.1) is 0 Å². The number of carbonyl (C=O) groups excluding carboxylic acids is 2. The molecule has 0 saturated heterocycles. The Morgan fingerprint density at radius 1 is 0.467 bits per heavy atom. The third-order valence-electron chi connectivity index (χ3n) is 4.93. The van der Waals surface area contributed by atoms with Gasteiger partial charge in [0.25, 0.3) is 0 Å². The van der Waals surface area contributed by atoms with Crippen LogP contribution in [0.15, 0.2) is 97.1 Å². The zero-order chi connectivity index (χ0) is 20.5. The van der Waals surface area contributed by atoms with Crippen LogP contribution in [0.25, 0.3) is 0 Å². The lowest BCUT2D eigenvalue weighted by Gasteiger charge is -2.20. The summed E-state index contributed by atoms with van der Waals surface area (Å²) in [6.07, 6.45) is 0. The number of ether oxygens (including phenoxy) is 2. The van der Waals surface area contributed by atoms with E-state index in [4.69, 9.17) is 9.47 Å². The fraction of sp³-hybridized carbons (Fsp3) is 0. The van der Waals surface area contributed by atoms with Crippen molar-refractivity contribution in [2.24, 2.45) is 0 Å². The monoisotopic (exact) mass is 392 g/mol. The number of hydrogen-bond donors (Lipinski definition) is 0. The highest BCUT2D eigenvalue weighted by Gasteiger charge is 2.32. The van der Waals surface area contributed by atoms with Crippen LogP contribution < -0.4 is 9.47 Å². The number of ketones is 2. The maximum absolute atomic E-state index is 13.4. The second-order valence-electron chi connectivity index (χ2n) is 6.87. The summed E-state index contributed by atoms with van der Waals surface area (Å²) in [4.78, 5) is 26.5. The second-order valence-corrected chi connectivity index (χ2v) is 6.87. The Bertz CT molecular complexity index is 1260. The Labute approximate surface area is 173 Å². The van der Waals surface area contributed by atoms with E-state index < -0.39 is 0 Å². The summed E-state index contributed by atoms with van der Waals surface area (Å²) in [5, 5.41) is 0. The molecule has 0 fully saturated rings. The van der Waals surface area contributed by atoms with Gasteiger partial charge in [0.1, 0.15) is 23.0 Å². The molecule has 4 heteroatoms. The number of hydrogen-bond acceptors (Lipinski definition) is 4. The molecule has 144 valence electrons. The lowest BCUT2D eigenvalue weighted by molar-refractivity contribution is 0.0977. The summed E-state index contributed by atoms with van der Waals surface area (Å²) in [6, 6.07) is 28.5. The molecule has 0 spiro atoms. The van der Waals surface area contributed by atoms with Crippen molar-refractivity contribution in [1.29, 1.82) is 0 Å². The first-order valence-electron chi connectivity index (χ1n) is 9.53. The van der Waals surface area contributed by atoms with E-state index in [1.165, 1.54) is 0 Å². The number of para-hydroxylation sites is 2. The minimum absolute atomic E-state index is 0.204. The first kappa shape index (κ1) is 17.9. The van der Waals surface area contributed by atoms with Gasteiger partial charge in [-0.25, -0.2) is 0 Å². The molecular weight excluding hydrogens is 376 g/mol. The maximum atomic E-state index is 13.4. The average molecular weight is 392 g/mol. The molecular formula is C26H16O4. The SMILES string of the molecule is O=C1c2ccc(Oc3ccccc3)cc2C(=O)c2c(Oc3ccccc3)cccc21. The molecule has 0 atom stereocenters. The van der Waals surface area contributed by atoms with Crippen LogP contribution in [-0.4, -0.2) is 11.6 Å². The minimum atomic E-state index is -0.260. The Hall–Kier alpha value is -4.18. The molecule has 30 heavy (non-hydrogen) atoms. The summed E-state index contributed by atoms with van der Waals surface area (Å²) >= 11 is 0. The van der Waals surface area contributed by atoms with Crippen LogP contribution in [0.2, 0.25) is 0 Å². The summed E-state index contributed by atoms with van der Waals surface area (Å²) in [6.45, 7) is 0. The van der Waals surface area contributed by atoms with E-state index in [9.17, 15) is 9.59 Å². The predicted molar refractivity (Wildman–Crippen MR) is 113 cm³/mol. The van der Waals surface area contributed by atoms with Gasteiger partial charge in [0.15, 0.2) is 11.6 Å². The van der Waals surface area contributed by atoms with Crippen LogP contribution in [0.1, 0.15) is 31.8 Å². The van der Waals surface area contributed by atoms with Crippen molar-refractivity contribution in [2.45, 2.75) is 0 Å². The topological polar surface area (TPSA) is 52.6 Å². The highest BCUT2D eigenvalue weighted by atomic mass is 16.5. The third kappa shape index (κ3) is 3.14. The molecule has 0 unspecified atom stereocenters. The lowest BCUT2D eigenvalue weighted by atomic mass is 9.83. The Kier molecular flexibility index (Phi) is 4.37. The number of fused-ring (bicyclic) bond motifs is 2. The van der Waals surface area contributed by atoms with Crippen molar-refractivity contribution in [3.63, 3.8) is 0 Å². The minimum Gasteiger partial charge on any atom is -0.457 e. The van der Waals surface area contributed by atoms with Crippen LogP contribution in [0.4, 0.5) is 0 Å². The van der Waals surface area contributed by atoms with Crippen molar-refractivity contribution >= 4 is 11.6 Å². The van der Waals surface area contributed by atoms with Gasteiger partial charge in [-0.3, -0.25) is 9.59 Å². The zero-order valence-corrected chi connectivity index (χ0v) is 15.9. The van der Waals surface area contributed by atoms with Crippen LogP contribution in [-0.2, 0) is 0 Å². The van der Waals surface area contributed by atoms with Crippen molar-refractivity contribution in [3.8, 4) is 23.0 Å². The molecule has 0 N–H and O–H groups in total. The van der Waals surface area contributed by atoms with Crippen molar-refractivity contribution in [3.05, 3.63) is 119 Å². The van der Waals surface area contributed by atoms with Gasteiger partial charge in [-0.05, 0) is 48.5 Å². The van der Waals surface area contributed by atoms with Crippen molar-refractivity contribution < 1.29 is 19.1 Å². The third-order valence-corrected chi connectivity index (χ3v) is 4.93. The van der Waals surface area contributed by atoms with Crippen molar-refractivity contribution in [2.75, 3.05) is 0 Å². The molecule has 0 amide bonds. The van der Waals surface area contributed by atoms with E-state index >= 15 is 0 Å². The standard InChI is InChI=1S/C26H16O4/c27-25-20-15-14-19(29-17-8-3-1-4-9-17)16-22(20)26(28)24-21(25)12-7-13-23(24)30-18-10-5-2-6-11-18/h1-16H. The van der Waals surface area contributed by atoms with E-state index in [-0.39, 0.29) is 17.1 Å². The molecule has 4 nitrogen and oxygen atoms in total. The van der Waals surface area contributed by atoms with Crippen LogP contribution in [0.3, 0.4) is 0 Å². The van der Waals surface area contributed by atoms with Gasteiger partial charge < -0.3 is 9.47 Å². The van der Waals surface area contributed by atoms with Crippen LogP contribution in [0.5, 0.6) is 23.0 Å². The molecule has 0 aliphatic heterocycles. The summed E-state index contributed by atoms with van der Waals surface area (Å²) in [5.41, 5.74) is 1.29. The Morgan fingerprint density at radius 3 is 1.83 bits per heavy atom. The van der Waals surface area contributed by atoms with E-state index in [1.54, 1.807) is 48.5 Å². The van der Waals surface area contributed by atoms with Crippen LogP contribution in [0, 0.1) is 0 Å². The lowest BCUT2D eigenvalue weighted by Crippen LogP contribution is -2.21. The largest absolute Gasteiger partial charge is 0.457 e. The highest BCUT2D eigenvalue weighted by molar-refractivity contribution is 6.29. The van der Waals surface area contributed by atoms with Gasteiger partial charge in [0.05, 0.1) is 5.56 Å². The average Bonchev–Trinajstić information content (AvgIpc) is 2.79. The first-order valence-corrected chi connectivity index (χ1v) is 9.53. The molecule has 0 heterocycles. The van der Waals surface area contributed by atoms with Gasteiger partial charge >= 0.3 is 0 Å². The van der Waals surface area contributed by atoms with Gasteiger partial charge in [0, 0.05) is 16.7 Å². The quantitative estimate of drug-likeness (QED) is 0.374. The number of rotatable bonds is 4. The van der Waals surface area contributed by atoms with E-state index in [0.717, 1.165) is 0 Å². The predicted octanol–water partition coefficient (Wildman–Crippen LogP) is 6.05. The molecule has 5 rings (SSSR count). The molecule has 4 aromatic carbocycles. The fourth-order valence-electron chi connectivity index (χ4n) is 3.53. The normalized spacial score (nSPS) is 12.1. The zero-order valence-electron chi connectivity index (χ0n) is 15.9. The molecule has 0 bridgehead atoms. The molecule has 1 aliphatic carbocycles.